The van der Waals surface area contributed by atoms with Crippen molar-refractivity contribution in [2.45, 2.75) is 20.0 Å². The Bertz CT molecular complexity index is 1150. The standard InChI is InChI=1S/C20H17Cl2N3O3/c1-13-6-7-15(10-17(13)22)23-18(26)12-25-19(27)8-9-24(20(25)28)11-14-4-2-3-5-16(14)21/h2-10H,11-12H2,1H3,(H,23,26). The van der Waals surface area contributed by atoms with E-state index in [4.69, 9.17) is 23.2 Å². The van der Waals surface area contributed by atoms with Gasteiger partial charge >= 0.3 is 5.69 Å². The molecule has 0 aliphatic rings. The van der Waals surface area contributed by atoms with Crippen LogP contribution in [0.25, 0.3) is 0 Å². The quantitative estimate of drug-likeness (QED) is 0.691. The first-order chi connectivity index (χ1) is 13.3. The number of aryl methyl sites for hydroxylation is 1. The number of rotatable bonds is 5. The van der Waals surface area contributed by atoms with E-state index in [2.05, 4.69) is 5.32 Å². The molecule has 1 heterocycles. The van der Waals surface area contributed by atoms with Crippen molar-refractivity contribution in [3.05, 3.63) is 96.7 Å². The third kappa shape index (κ3) is 4.52. The monoisotopic (exact) mass is 417 g/mol. The van der Waals surface area contributed by atoms with Crippen molar-refractivity contribution in [2.24, 2.45) is 0 Å². The van der Waals surface area contributed by atoms with Crippen molar-refractivity contribution in [3.63, 3.8) is 0 Å². The Labute approximate surface area is 171 Å². The number of anilines is 1. The summed E-state index contributed by atoms with van der Waals surface area (Å²) in [5.41, 5.74) is 0.944. The highest BCUT2D eigenvalue weighted by Gasteiger charge is 2.12. The average molecular weight is 418 g/mol. The Morgan fingerprint density at radius 3 is 2.50 bits per heavy atom. The van der Waals surface area contributed by atoms with Crippen molar-refractivity contribution < 1.29 is 4.79 Å². The highest BCUT2D eigenvalue weighted by molar-refractivity contribution is 6.31. The average Bonchev–Trinajstić information content (AvgIpc) is 2.66. The fraction of sp³-hybridized carbons (Fsp3) is 0.150. The minimum atomic E-state index is -0.593. The molecule has 3 aromatic rings. The van der Waals surface area contributed by atoms with Crippen LogP contribution in [0.5, 0.6) is 0 Å². The molecule has 8 heteroatoms. The van der Waals surface area contributed by atoms with Crippen LogP contribution in [0.2, 0.25) is 10.0 Å². The molecule has 0 unspecified atom stereocenters. The summed E-state index contributed by atoms with van der Waals surface area (Å²) >= 11 is 12.2. The van der Waals surface area contributed by atoms with Gasteiger partial charge in [-0.05, 0) is 36.2 Å². The molecule has 6 nitrogen and oxygen atoms in total. The molecule has 0 saturated heterocycles. The molecule has 0 aliphatic heterocycles. The summed E-state index contributed by atoms with van der Waals surface area (Å²) in [6, 6.07) is 13.4. The van der Waals surface area contributed by atoms with Gasteiger partial charge in [-0.3, -0.25) is 18.7 Å². The summed E-state index contributed by atoms with van der Waals surface area (Å²) in [7, 11) is 0. The normalized spacial score (nSPS) is 10.7. The van der Waals surface area contributed by atoms with E-state index in [1.165, 1.54) is 16.8 Å². The molecule has 0 spiro atoms. The summed E-state index contributed by atoms with van der Waals surface area (Å²) in [5, 5.41) is 3.66. The molecule has 0 bridgehead atoms. The van der Waals surface area contributed by atoms with Gasteiger partial charge in [0.25, 0.3) is 5.56 Å². The number of hydrogen-bond donors (Lipinski definition) is 1. The Morgan fingerprint density at radius 1 is 1.04 bits per heavy atom. The van der Waals surface area contributed by atoms with Crippen molar-refractivity contribution in [3.8, 4) is 0 Å². The number of halogens is 2. The lowest BCUT2D eigenvalue weighted by Crippen LogP contribution is -2.41. The smallest absolute Gasteiger partial charge is 0.324 e. The lowest BCUT2D eigenvalue weighted by Gasteiger charge is -2.11. The zero-order valence-corrected chi connectivity index (χ0v) is 16.5. The molecule has 0 fully saturated rings. The Kier molecular flexibility index (Phi) is 6.02. The van der Waals surface area contributed by atoms with Gasteiger partial charge in [0.15, 0.2) is 0 Å². The fourth-order valence-electron chi connectivity index (χ4n) is 2.65. The van der Waals surface area contributed by atoms with Crippen LogP contribution in [0.3, 0.4) is 0 Å². The van der Waals surface area contributed by atoms with E-state index in [-0.39, 0.29) is 6.54 Å². The second-order valence-electron chi connectivity index (χ2n) is 6.25. The van der Waals surface area contributed by atoms with E-state index < -0.39 is 23.7 Å². The van der Waals surface area contributed by atoms with Crippen LogP contribution in [0.15, 0.2) is 64.3 Å². The number of carbonyl (C=O) groups is 1. The van der Waals surface area contributed by atoms with Crippen molar-refractivity contribution in [1.82, 2.24) is 9.13 Å². The molecular formula is C20H17Cl2N3O3. The lowest BCUT2D eigenvalue weighted by atomic mass is 10.2. The first-order valence-electron chi connectivity index (χ1n) is 8.45. The number of nitrogens with zero attached hydrogens (tertiary/aromatic N) is 2. The summed E-state index contributed by atoms with van der Waals surface area (Å²) in [6.45, 7) is 1.62. The summed E-state index contributed by atoms with van der Waals surface area (Å²) in [5.74, 6) is -0.505. The molecule has 0 atom stereocenters. The maximum atomic E-state index is 12.7. The molecule has 2 aromatic carbocycles. The summed E-state index contributed by atoms with van der Waals surface area (Å²) in [6.07, 6.45) is 1.39. The van der Waals surface area contributed by atoms with Crippen LogP contribution < -0.4 is 16.6 Å². The highest BCUT2D eigenvalue weighted by atomic mass is 35.5. The van der Waals surface area contributed by atoms with Crippen molar-refractivity contribution in [1.29, 1.82) is 0 Å². The minimum absolute atomic E-state index is 0.188. The molecule has 1 amide bonds. The third-order valence-electron chi connectivity index (χ3n) is 4.20. The summed E-state index contributed by atoms with van der Waals surface area (Å²) < 4.78 is 2.21. The van der Waals surface area contributed by atoms with Crippen LogP contribution in [-0.4, -0.2) is 15.0 Å². The lowest BCUT2D eigenvalue weighted by molar-refractivity contribution is -0.116. The SMILES string of the molecule is Cc1ccc(NC(=O)Cn2c(=O)ccn(Cc3ccccc3Cl)c2=O)cc1Cl. The fourth-order valence-corrected chi connectivity index (χ4v) is 3.02. The van der Waals surface area contributed by atoms with E-state index in [9.17, 15) is 14.4 Å². The van der Waals surface area contributed by atoms with Gasteiger partial charge < -0.3 is 5.32 Å². The Hall–Kier alpha value is -2.83. The highest BCUT2D eigenvalue weighted by Crippen LogP contribution is 2.20. The van der Waals surface area contributed by atoms with E-state index >= 15 is 0 Å². The number of hydrogen-bond acceptors (Lipinski definition) is 3. The van der Waals surface area contributed by atoms with Crippen molar-refractivity contribution in [2.75, 3.05) is 5.32 Å². The molecular weight excluding hydrogens is 401 g/mol. The second kappa shape index (κ2) is 8.46. The molecule has 3 rings (SSSR count). The van der Waals surface area contributed by atoms with E-state index in [1.54, 1.807) is 36.4 Å². The molecule has 0 aliphatic carbocycles. The zero-order valence-electron chi connectivity index (χ0n) is 15.0. The van der Waals surface area contributed by atoms with Gasteiger partial charge in [0.05, 0.1) is 6.54 Å². The van der Waals surface area contributed by atoms with Gasteiger partial charge in [0, 0.05) is 28.0 Å². The predicted octanol–water partition coefficient (Wildman–Crippen LogP) is 3.31. The van der Waals surface area contributed by atoms with Gasteiger partial charge in [-0.25, -0.2) is 4.79 Å². The molecule has 0 saturated carbocycles. The molecule has 28 heavy (non-hydrogen) atoms. The van der Waals surface area contributed by atoms with Gasteiger partial charge in [0.2, 0.25) is 5.91 Å². The second-order valence-corrected chi connectivity index (χ2v) is 7.07. The maximum absolute atomic E-state index is 12.7. The van der Waals surface area contributed by atoms with Gasteiger partial charge in [-0.15, -0.1) is 0 Å². The van der Waals surface area contributed by atoms with E-state index in [1.807, 2.05) is 13.0 Å². The molecule has 1 aromatic heterocycles. The third-order valence-corrected chi connectivity index (χ3v) is 4.97. The number of amides is 1. The number of nitrogens with one attached hydrogen (secondary N) is 1. The van der Waals surface area contributed by atoms with Gasteiger partial charge in [-0.1, -0.05) is 47.5 Å². The number of carbonyl (C=O) groups excluding carboxylic acids is 1. The van der Waals surface area contributed by atoms with Crippen LogP contribution in [0, 0.1) is 6.92 Å². The number of aromatic nitrogens is 2. The Morgan fingerprint density at radius 2 is 1.79 bits per heavy atom. The van der Waals surface area contributed by atoms with Crippen LogP contribution in [0.1, 0.15) is 11.1 Å². The zero-order chi connectivity index (χ0) is 20.3. The van der Waals surface area contributed by atoms with Gasteiger partial charge in [-0.2, -0.15) is 0 Å². The molecule has 1 N–H and O–H groups in total. The van der Waals surface area contributed by atoms with Crippen LogP contribution >= 0.6 is 23.2 Å². The van der Waals surface area contributed by atoms with Crippen LogP contribution in [-0.2, 0) is 17.9 Å². The first kappa shape index (κ1) is 19.9. The first-order valence-corrected chi connectivity index (χ1v) is 9.20. The summed E-state index contributed by atoms with van der Waals surface area (Å²) in [4.78, 5) is 37.1. The van der Waals surface area contributed by atoms with E-state index in [0.29, 0.717) is 15.7 Å². The predicted molar refractivity (Wildman–Crippen MR) is 110 cm³/mol. The van der Waals surface area contributed by atoms with Crippen molar-refractivity contribution >= 4 is 34.8 Å². The van der Waals surface area contributed by atoms with Crippen LogP contribution in [0.4, 0.5) is 5.69 Å². The molecule has 144 valence electrons. The largest absolute Gasteiger partial charge is 0.331 e. The minimum Gasteiger partial charge on any atom is -0.324 e. The molecule has 0 radical (unpaired) electrons. The van der Waals surface area contributed by atoms with Gasteiger partial charge in [0.1, 0.15) is 6.54 Å². The topological polar surface area (TPSA) is 73.1 Å². The Balaban J connectivity index is 1.82. The number of benzene rings is 2. The van der Waals surface area contributed by atoms with E-state index in [0.717, 1.165) is 15.7 Å². The maximum Gasteiger partial charge on any atom is 0.331 e.